The zero-order chi connectivity index (χ0) is 22.4. The first-order chi connectivity index (χ1) is 15.5. The van der Waals surface area contributed by atoms with Crippen molar-refractivity contribution >= 4 is 27.7 Å². The molecule has 3 aromatic carbocycles. The average Bonchev–Trinajstić information content (AvgIpc) is 2.84. The van der Waals surface area contributed by atoms with Gasteiger partial charge in [0.05, 0.1) is 18.1 Å². The van der Waals surface area contributed by atoms with E-state index >= 15 is 0 Å². The summed E-state index contributed by atoms with van der Waals surface area (Å²) in [5, 5.41) is 2.83. The topological polar surface area (TPSA) is 75.7 Å². The first-order valence-corrected chi connectivity index (χ1v) is 11.8. The molecule has 0 aliphatic carbocycles. The fourth-order valence-corrected chi connectivity index (χ4v) is 4.83. The first kappa shape index (κ1) is 22.0. The molecule has 0 aromatic heterocycles. The number of hydrogen-bond acceptors (Lipinski definition) is 4. The Morgan fingerprint density at radius 1 is 0.844 bits per heavy atom. The number of morpholine rings is 1. The molecule has 1 amide bonds. The molecule has 1 saturated heterocycles. The van der Waals surface area contributed by atoms with Crippen LogP contribution in [0.2, 0.25) is 0 Å². The Morgan fingerprint density at radius 2 is 1.47 bits per heavy atom. The van der Waals surface area contributed by atoms with Crippen molar-refractivity contribution in [2.75, 3.05) is 31.6 Å². The van der Waals surface area contributed by atoms with Gasteiger partial charge in [-0.05, 0) is 47.0 Å². The number of benzene rings is 3. The third-order valence-corrected chi connectivity index (χ3v) is 7.09. The molecular weight excluding hydrogens is 424 g/mol. The summed E-state index contributed by atoms with van der Waals surface area (Å²) in [6.45, 7) is 1.53. The predicted octanol–water partition coefficient (Wildman–Crippen LogP) is 4.03. The molecule has 1 heterocycles. The van der Waals surface area contributed by atoms with Crippen LogP contribution in [0.1, 0.15) is 5.56 Å². The summed E-state index contributed by atoms with van der Waals surface area (Å²) in [4.78, 5) is 12.5. The van der Waals surface area contributed by atoms with Gasteiger partial charge in [-0.25, -0.2) is 8.42 Å². The monoisotopic (exact) mass is 448 g/mol. The van der Waals surface area contributed by atoms with Gasteiger partial charge >= 0.3 is 0 Å². The lowest BCUT2D eigenvalue weighted by Crippen LogP contribution is -2.40. The van der Waals surface area contributed by atoms with E-state index in [1.165, 1.54) is 10.4 Å². The van der Waals surface area contributed by atoms with Crippen molar-refractivity contribution in [3.05, 3.63) is 90.5 Å². The van der Waals surface area contributed by atoms with Gasteiger partial charge in [0.2, 0.25) is 15.9 Å². The molecule has 1 aliphatic rings. The lowest BCUT2D eigenvalue weighted by atomic mass is 10.1. The summed E-state index contributed by atoms with van der Waals surface area (Å²) in [7, 11) is -3.52. The number of rotatable bonds is 6. The van der Waals surface area contributed by atoms with E-state index in [0.29, 0.717) is 32.0 Å². The van der Waals surface area contributed by atoms with Crippen LogP contribution in [0.5, 0.6) is 0 Å². The third kappa shape index (κ3) is 5.31. The van der Waals surface area contributed by atoms with Crippen molar-refractivity contribution in [3.8, 4) is 11.1 Å². The number of carbonyl (C=O) groups excluding carboxylic acids is 1. The number of ether oxygens (including phenoxy) is 1. The molecule has 6 nitrogen and oxygen atoms in total. The van der Waals surface area contributed by atoms with E-state index in [9.17, 15) is 13.2 Å². The second kappa shape index (κ2) is 9.91. The lowest BCUT2D eigenvalue weighted by molar-refractivity contribution is -0.111. The molecule has 0 saturated carbocycles. The number of carbonyl (C=O) groups is 1. The van der Waals surface area contributed by atoms with Crippen molar-refractivity contribution in [3.63, 3.8) is 0 Å². The van der Waals surface area contributed by atoms with Gasteiger partial charge in [0.25, 0.3) is 0 Å². The summed E-state index contributed by atoms with van der Waals surface area (Å²) in [5.41, 5.74) is 3.63. The highest BCUT2D eigenvalue weighted by atomic mass is 32.2. The summed E-state index contributed by atoms with van der Waals surface area (Å²) in [6, 6.07) is 24.2. The fraction of sp³-hybridized carbons (Fsp3) is 0.160. The normalized spacial score (nSPS) is 15.0. The maximum Gasteiger partial charge on any atom is 0.248 e. The molecule has 32 heavy (non-hydrogen) atoms. The largest absolute Gasteiger partial charge is 0.379 e. The molecule has 0 atom stereocenters. The van der Waals surface area contributed by atoms with Crippen molar-refractivity contribution in [2.24, 2.45) is 0 Å². The van der Waals surface area contributed by atoms with Gasteiger partial charge in [-0.1, -0.05) is 54.6 Å². The summed E-state index contributed by atoms with van der Waals surface area (Å²) in [6.07, 6.45) is 3.08. The van der Waals surface area contributed by atoms with E-state index in [-0.39, 0.29) is 10.8 Å². The summed E-state index contributed by atoms with van der Waals surface area (Å²) < 4.78 is 32.0. The minimum Gasteiger partial charge on any atom is -0.379 e. The average molecular weight is 449 g/mol. The van der Waals surface area contributed by atoms with Crippen molar-refractivity contribution in [2.45, 2.75) is 4.90 Å². The van der Waals surface area contributed by atoms with Crippen molar-refractivity contribution in [1.29, 1.82) is 0 Å². The van der Waals surface area contributed by atoms with E-state index in [0.717, 1.165) is 16.7 Å². The van der Waals surface area contributed by atoms with Gasteiger partial charge in [0.15, 0.2) is 0 Å². The highest BCUT2D eigenvalue weighted by Crippen LogP contribution is 2.21. The standard InChI is InChI=1S/C25H24N2O4S/c28-25(26-23-11-9-22(10-12-23)21-4-2-1-3-5-21)15-8-20-6-13-24(14-7-20)32(29,30)27-16-18-31-19-17-27/h1-15H,16-19H2,(H,26,28)/b15-8+. The number of nitrogens with zero attached hydrogens (tertiary/aromatic N) is 1. The van der Waals surface area contributed by atoms with Crippen molar-refractivity contribution < 1.29 is 17.9 Å². The minimum atomic E-state index is -3.52. The molecule has 0 spiro atoms. The first-order valence-electron chi connectivity index (χ1n) is 10.3. The van der Waals surface area contributed by atoms with E-state index in [1.54, 1.807) is 30.3 Å². The van der Waals surface area contributed by atoms with Gasteiger partial charge in [-0.3, -0.25) is 4.79 Å². The maximum atomic E-state index is 12.7. The Morgan fingerprint density at radius 3 is 2.12 bits per heavy atom. The minimum absolute atomic E-state index is 0.236. The number of anilines is 1. The van der Waals surface area contributed by atoms with Crippen LogP contribution in [0.25, 0.3) is 17.2 Å². The molecule has 1 aliphatic heterocycles. The SMILES string of the molecule is O=C(/C=C/c1ccc(S(=O)(=O)N2CCOCC2)cc1)Nc1ccc(-c2ccccc2)cc1. The Labute approximate surface area is 188 Å². The van der Waals surface area contributed by atoms with Gasteiger partial charge in [-0.15, -0.1) is 0 Å². The molecule has 4 rings (SSSR count). The highest BCUT2D eigenvalue weighted by molar-refractivity contribution is 7.89. The quantitative estimate of drug-likeness (QED) is 0.578. The van der Waals surface area contributed by atoms with Crippen LogP contribution in [-0.2, 0) is 19.6 Å². The Bertz CT molecular complexity index is 1180. The molecule has 7 heteroatoms. The number of sulfonamides is 1. The molecule has 0 unspecified atom stereocenters. The summed E-state index contributed by atoms with van der Waals surface area (Å²) in [5.74, 6) is -0.262. The molecule has 0 radical (unpaired) electrons. The molecule has 0 bridgehead atoms. The van der Waals surface area contributed by atoms with E-state index in [1.807, 2.05) is 54.6 Å². The third-order valence-electron chi connectivity index (χ3n) is 5.17. The Balaban J connectivity index is 1.36. The fourth-order valence-electron chi connectivity index (χ4n) is 3.42. The summed E-state index contributed by atoms with van der Waals surface area (Å²) >= 11 is 0. The van der Waals surface area contributed by atoms with Crippen LogP contribution >= 0.6 is 0 Å². The van der Waals surface area contributed by atoms with Crippen LogP contribution in [0.4, 0.5) is 5.69 Å². The zero-order valence-corrected chi connectivity index (χ0v) is 18.3. The molecule has 164 valence electrons. The van der Waals surface area contributed by atoms with Crippen LogP contribution in [0.3, 0.4) is 0 Å². The Hall–Kier alpha value is -3.26. The number of nitrogens with one attached hydrogen (secondary N) is 1. The maximum absolute atomic E-state index is 12.7. The van der Waals surface area contributed by atoms with Gasteiger partial charge in [-0.2, -0.15) is 4.31 Å². The lowest BCUT2D eigenvalue weighted by Gasteiger charge is -2.26. The molecule has 1 N–H and O–H groups in total. The Kier molecular flexibility index (Phi) is 6.80. The molecule has 3 aromatic rings. The zero-order valence-electron chi connectivity index (χ0n) is 17.5. The second-order valence-corrected chi connectivity index (χ2v) is 9.29. The van der Waals surface area contributed by atoms with E-state index in [2.05, 4.69) is 5.32 Å². The second-order valence-electron chi connectivity index (χ2n) is 7.35. The molecule has 1 fully saturated rings. The van der Waals surface area contributed by atoms with Crippen LogP contribution in [0, 0.1) is 0 Å². The predicted molar refractivity (Wildman–Crippen MR) is 126 cm³/mol. The van der Waals surface area contributed by atoms with Crippen LogP contribution in [-0.4, -0.2) is 44.9 Å². The van der Waals surface area contributed by atoms with Crippen LogP contribution < -0.4 is 5.32 Å². The van der Waals surface area contributed by atoms with Crippen molar-refractivity contribution in [1.82, 2.24) is 4.31 Å². The van der Waals surface area contributed by atoms with Gasteiger partial charge < -0.3 is 10.1 Å². The van der Waals surface area contributed by atoms with Gasteiger partial charge in [0.1, 0.15) is 0 Å². The van der Waals surface area contributed by atoms with E-state index < -0.39 is 10.0 Å². The number of amides is 1. The molecular formula is C25H24N2O4S. The number of hydrogen-bond donors (Lipinski definition) is 1. The van der Waals surface area contributed by atoms with Crippen LogP contribution in [0.15, 0.2) is 89.8 Å². The van der Waals surface area contributed by atoms with Gasteiger partial charge in [0, 0.05) is 24.9 Å². The smallest absolute Gasteiger partial charge is 0.248 e. The van der Waals surface area contributed by atoms with E-state index in [4.69, 9.17) is 4.74 Å². The highest BCUT2D eigenvalue weighted by Gasteiger charge is 2.25.